The molecule has 5 unspecified atom stereocenters. The van der Waals surface area contributed by atoms with Crippen molar-refractivity contribution in [1.29, 1.82) is 0 Å². The first-order valence-electron chi connectivity index (χ1n) is 11.3. The highest BCUT2D eigenvalue weighted by Gasteiger charge is 2.31. The number of hydrogen-bond acceptors (Lipinski definition) is 4. The number of carbonyl (C=O) groups excluding carboxylic acids is 2. The fraction of sp³-hybridized carbons (Fsp3) is 0.385. The molecule has 9 heteroatoms. The predicted molar refractivity (Wildman–Crippen MR) is 128 cm³/mol. The molecule has 35 heavy (non-hydrogen) atoms. The molecule has 0 bridgehead atoms. The van der Waals surface area contributed by atoms with Crippen LogP contribution < -0.4 is 15.8 Å². The Morgan fingerprint density at radius 2 is 1.66 bits per heavy atom. The van der Waals surface area contributed by atoms with Crippen molar-refractivity contribution in [3.63, 3.8) is 0 Å². The third kappa shape index (κ3) is 7.30. The number of nitrogens with two attached hydrogens (primary N) is 1. The lowest BCUT2D eigenvalue weighted by atomic mass is 9.80. The smallest absolute Gasteiger partial charge is 0.251 e. The van der Waals surface area contributed by atoms with Crippen molar-refractivity contribution in [2.24, 2.45) is 11.7 Å². The summed E-state index contributed by atoms with van der Waals surface area (Å²) in [7, 11) is 6.07. The lowest BCUT2D eigenvalue weighted by Crippen LogP contribution is -2.50. The SMILES string of the molecule is [B]C1CCC(C)OC1Oc1ccc(C#Cc2ccc(C(=O)NC(C(N)=O)C(C)C(F)F)cc2)cc1. The summed E-state index contributed by atoms with van der Waals surface area (Å²) in [5.41, 5.74) is 6.76. The van der Waals surface area contributed by atoms with Gasteiger partial charge < -0.3 is 20.5 Å². The van der Waals surface area contributed by atoms with Gasteiger partial charge in [-0.2, -0.15) is 0 Å². The van der Waals surface area contributed by atoms with Crippen molar-refractivity contribution < 1.29 is 27.8 Å². The van der Waals surface area contributed by atoms with Crippen LogP contribution in [0.15, 0.2) is 48.5 Å². The zero-order chi connectivity index (χ0) is 25.5. The van der Waals surface area contributed by atoms with Crippen LogP contribution >= 0.6 is 0 Å². The number of halogens is 2. The molecule has 1 aliphatic rings. The van der Waals surface area contributed by atoms with E-state index >= 15 is 0 Å². The highest BCUT2D eigenvalue weighted by atomic mass is 19.3. The molecule has 3 rings (SSSR count). The van der Waals surface area contributed by atoms with Crippen molar-refractivity contribution in [3.05, 3.63) is 65.2 Å². The van der Waals surface area contributed by atoms with Gasteiger partial charge in [-0.15, -0.1) is 0 Å². The highest BCUT2D eigenvalue weighted by molar-refractivity contribution is 6.12. The van der Waals surface area contributed by atoms with E-state index in [1.54, 1.807) is 24.3 Å². The summed E-state index contributed by atoms with van der Waals surface area (Å²) in [6.07, 6.45) is -1.42. The first kappa shape index (κ1) is 26.2. The summed E-state index contributed by atoms with van der Waals surface area (Å²) in [6, 6.07) is 12.0. The Morgan fingerprint density at radius 3 is 2.20 bits per heavy atom. The Kier molecular flexibility index (Phi) is 8.88. The van der Waals surface area contributed by atoms with Crippen LogP contribution in [0.4, 0.5) is 8.78 Å². The van der Waals surface area contributed by atoms with Gasteiger partial charge in [0.05, 0.1) is 14.0 Å². The van der Waals surface area contributed by atoms with E-state index in [9.17, 15) is 18.4 Å². The third-order valence-corrected chi connectivity index (χ3v) is 5.74. The number of nitrogens with one attached hydrogen (secondary N) is 1. The van der Waals surface area contributed by atoms with Crippen LogP contribution in [-0.4, -0.2) is 44.5 Å². The number of hydrogen-bond donors (Lipinski definition) is 2. The molecule has 1 saturated heterocycles. The van der Waals surface area contributed by atoms with E-state index in [4.69, 9.17) is 23.1 Å². The van der Waals surface area contributed by atoms with E-state index < -0.39 is 36.5 Å². The Morgan fingerprint density at radius 1 is 1.09 bits per heavy atom. The maximum Gasteiger partial charge on any atom is 0.251 e. The van der Waals surface area contributed by atoms with Gasteiger partial charge >= 0.3 is 0 Å². The molecule has 6 nitrogen and oxygen atoms in total. The minimum Gasteiger partial charge on any atom is -0.465 e. The Hall–Kier alpha value is -3.38. The molecule has 1 aliphatic heterocycles. The molecule has 2 amide bonds. The number of alkyl halides is 2. The molecule has 182 valence electrons. The third-order valence-electron chi connectivity index (χ3n) is 5.74. The Balaban J connectivity index is 1.60. The molecule has 1 fully saturated rings. The van der Waals surface area contributed by atoms with Crippen LogP contribution in [-0.2, 0) is 9.53 Å². The number of benzene rings is 2. The predicted octanol–water partition coefficient (Wildman–Crippen LogP) is 3.43. The second-order valence-electron chi connectivity index (χ2n) is 8.57. The topological polar surface area (TPSA) is 90.7 Å². The largest absolute Gasteiger partial charge is 0.465 e. The normalized spacial score (nSPS) is 21.3. The zero-order valence-corrected chi connectivity index (χ0v) is 19.5. The fourth-order valence-electron chi connectivity index (χ4n) is 3.51. The maximum atomic E-state index is 12.9. The minimum atomic E-state index is -2.80. The number of primary amides is 1. The van der Waals surface area contributed by atoms with Crippen molar-refractivity contribution in [1.82, 2.24) is 5.32 Å². The Bertz CT molecular complexity index is 1080. The first-order chi connectivity index (χ1) is 16.6. The number of carbonyl (C=O) groups is 2. The molecule has 0 aliphatic carbocycles. The van der Waals surface area contributed by atoms with Gasteiger partial charge in [0.15, 0.2) is 6.29 Å². The van der Waals surface area contributed by atoms with Crippen LogP contribution in [0.2, 0.25) is 5.82 Å². The summed E-state index contributed by atoms with van der Waals surface area (Å²) in [6.45, 7) is 3.14. The van der Waals surface area contributed by atoms with Crippen LogP contribution in [0.1, 0.15) is 48.2 Å². The van der Waals surface area contributed by atoms with Crippen molar-refractivity contribution in [2.75, 3.05) is 0 Å². The molecular weight excluding hydrogens is 453 g/mol. The molecule has 2 aromatic rings. The number of ether oxygens (including phenoxy) is 2. The number of rotatable bonds is 7. The van der Waals surface area contributed by atoms with Crippen molar-refractivity contribution in [2.45, 2.75) is 57.4 Å². The second kappa shape index (κ2) is 11.9. The van der Waals surface area contributed by atoms with Gasteiger partial charge in [-0.25, -0.2) is 8.78 Å². The van der Waals surface area contributed by atoms with Crippen molar-refractivity contribution >= 4 is 19.7 Å². The van der Waals surface area contributed by atoms with E-state index in [2.05, 4.69) is 17.2 Å². The molecule has 2 radical (unpaired) electrons. The monoisotopic (exact) mass is 480 g/mol. The van der Waals surface area contributed by atoms with E-state index in [0.717, 1.165) is 25.3 Å². The lowest BCUT2D eigenvalue weighted by molar-refractivity contribution is -0.140. The summed E-state index contributed by atoms with van der Waals surface area (Å²) < 4.78 is 37.5. The highest BCUT2D eigenvalue weighted by Crippen LogP contribution is 2.29. The van der Waals surface area contributed by atoms with Gasteiger partial charge in [0.25, 0.3) is 5.91 Å². The van der Waals surface area contributed by atoms with E-state index in [-0.39, 0.29) is 17.5 Å². The van der Waals surface area contributed by atoms with Gasteiger partial charge in [0, 0.05) is 22.6 Å². The second-order valence-corrected chi connectivity index (χ2v) is 8.57. The molecule has 2 aromatic carbocycles. The molecule has 3 N–H and O–H groups in total. The van der Waals surface area contributed by atoms with Crippen molar-refractivity contribution in [3.8, 4) is 17.6 Å². The van der Waals surface area contributed by atoms with Crippen LogP contribution in [0.3, 0.4) is 0 Å². The quantitative estimate of drug-likeness (QED) is 0.470. The summed E-state index contributed by atoms with van der Waals surface area (Å²) >= 11 is 0. The standard InChI is InChI=1S/C26H27BF2N2O4/c1-15-3-14-21(27)26(34-15)35-20-12-8-18(9-13-20)5-4-17-6-10-19(11-7-17)25(33)31-22(24(30)32)16(2)23(28)29/h6-13,15-16,21-23,26H,3,14H2,1-2H3,(H2,30,32)(H,31,33). The molecule has 1 heterocycles. The van der Waals surface area contributed by atoms with Gasteiger partial charge in [-0.1, -0.05) is 25.2 Å². The molecule has 0 saturated carbocycles. The lowest BCUT2D eigenvalue weighted by Gasteiger charge is -2.33. The average Bonchev–Trinajstić information content (AvgIpc) is 2.84. The number of amides is 2. The maximum absolute atomic E-state index is 12.9. The van der Waals surface area contributed by atoms with Crippen LogP contribution in [0.5, 0.6) is 5.75 Å². The molecular formula is C26H27BF2N2O4. The molecule has 0 aromatic heterocycles. The van der Waals surface area contributed by atoms with E-state index in [1.165, 1.54) is 12.1 Å². The average molecular weight is 480 g/mol. The Labute approximate surface area is 205 Å². The summed E-state index contributed by atoms with van der Waals surface area (Å²) in [4.78, 5) is 23.8. The summed E-state index contributed by atoms with van der Waals surface area (Å²) in [5, 5.41) is 2.27. The van der Waals surface area contributed by atoms with Gasteiger partial charge in [0.2, 0.25) is 12.3 Å². The van der Waals surface area contributed by atoms with Crippen LogP contribution in [0.25, 0.3) is 0 Å². The fourth-order valence-corrected chi connectivity index (χ4v) is 3.51. The van der Waals surface area contributed by atoms with Gasteiger partial charge in [-0.3, -0.25) is 9.59 Å². The van der Waals surface area contributed by atoms with Gasteiger partial charge in [0.1, 0.15) is 11.8 Å². The van der Waals surface area contributed by atoms with Gasteiger partial charge in [-0.05, 0) is 67.7 Å². The van der Waals surface area contributed by atoms with Crippen LogP contribution in [0, 0.1) is 17.8 Å². The molecule has 5 atom stereocenters. The zero-order valence-electron chi connectivity index (χ0n) is 19.5. The first-order valence-corrected chi connectivity index (χ1v) is 11.3. The molecule has 0 spiro atoms. The summed E-state index contributed by atoms with van der Waals surface area (Å²) in [5.74, 6) is 3.37. The van der Waals surface area contributed by atoms with E-state index in [1.807, 2.05) is 19.1 Å². The minimum absolute atomic E-state index is 0.105. The van der Waals surface area contributed by atoms with E-state index in [0.29, 0.717) is 11.3 Å².